The number of hydrogen-bond donors (Lipinski definition) is 3. The topological polar surface area (TPSA) is 0 Å². The summed E-state index contributed by atoms with van der Waals surface area (Å²) in [6, 6.07) is 0. The Balaban J connectivity index is 3.80. The molecule has 0 saturated carbocycles. The van der Waals surface area contributed by atoms with Crippen LogP contribution >= 0.6 is 73.2 Å². The molecule has 19 heavy (non-hydrogen) atoms. The minimum Gasteiger partial charge on any atom is -0.179 e. The Labute approximate surface area is 149 Å². The van der Waals surface area contributed by atoms with Crippen molar-refractivity contribution in [1.82, 2.24) is 0 Å². The van der Waals surface area contributed by atoms with E-state index in [0.717, 1.165) is 28.4 Å². The molecule has 0 N–H and O–H groups in total. The van der Waals surface area contributed by atoms with Crippen molar-refractivity contribution in [2.45, 2.75) is 48.2 Å². The van der Waals surface area contributed by atoms with Gasteiger partial charge in [0.25, 0.3) is 0 Å². The summed E-state index contributed by atoms with van der Waals surface area (Å²) >= 11 is 19.3. The second kappa shape index (κ2) is 15.0. The van der Waals surface area contributed by atoms with Gasteiger partial charge in [-0.3, -0.25) is 0 Å². The highest BCUT2D eigenvalue weighted by Crippen LogP contribution is 2.27. The first-order valence-corrected chi connectivity index (χ1v) is 11.8. The highest BCUT2D eigenvalue weighted by atomic mass is 32.2. The molecule has 0 rings (SSSR count). The van der Waals surface area contributed by atoms with Crippen molar-refractivity contribution in [1.29, 1.82) is 0 Å². The molecule has 6 heteroatoms. The van der Waals surface area contributed by atoms with Gasteiger partial charge in [-0.15, -0.1) is 11.8 Å². The van der Waals surface area contributed by atoms with Gasteiger partial charge < -0.3 is 0 Å². The minimum absolute atomic E-state index is 0.501. The predicted molar refractivity (Wildman–Crippen MR) is 111 cm³/mol. The lowest BCUT2D eigenvalue weighted by Gasteiger charge is -2.19. The molecule has 116 valence electrons. The van der Waals surface area contributed by atoms with E-state index < -0.39 is 0 Å². The third kappa shape index (κ3) is 13.5. The van der Waals surface area contributed by atoms with E-state index in [1.165, 1.54) is 30.1 Å². The molecule has 0 aliphatic rings. The highest BCUT2D eigenvalue weighted by molar-refractivity contribution is 8.11. The Bertz CT molecular complexity index is 182. The number of hydrogen-bond acceptors (Lipinski definition) is 6. The van der Waals surface area contributed by atoms with E-state index in [9.17, 15) is 0 Å². The van der Waals surface area contributed by atoms with Gasteiger partial charge in [0.2, 0.25) is 0 Å². The summed E-state index contributed by atoms with van der Waals surface area (Å²) in [5.41, 5.74) is 0. The Kier molecular flexibility index (Phi) is 16.7. The summed E-state index contributed by atoms with van der Waals surface area (Å²) in [6.45, 7) is 4.54. The highest BCUT2D eigenvalue weighted by Gasteiger charge is 2.12. The van der Waals surface area contributed by atoms with Crippen LogP contribution in [0.5, 0.6) is 0 Å². The van der Waals surface area contributed by atoms with Crippen LogP contribution < -0.4 is 0 Å². The second-order valence-electron chi connectivity index (χ2n) is 4.42. The molecule has 0 aromatic heterocycles. The Morgan fingerprint density at radius 2 is 1.74 bits per heavy atom. The number of thioether (sulfide) groups is 3. The normalized spacial score (nSPS) is 16.3. The SMILES string of the molecule is CCC(S)SCC(C)SCC(CCCS)SCCS. The molecule has 3 unspecified atom stereocenters. The van der Waals surface area contributed by atoms with E-state index in [1.807, 2.05) is 11.8 Å². The van der Waals surface area contributed by atoms with Crippen molar-refractivity contribution in [2.75, 3.05) is 28.8 Å². The van der Waals surface area contributed by atoms with E-state index in [4.69, 9.17) is 0 Å². The molecule has 0 aromatic carbocycles. The van der Waals surface area contributed by atoms with Gasteiger partial charge in [0.1, 0.15) is 0 Å². The standard InChI is InChI=1S/C13H28S6/c1-3-13(16)19-9-11(2)18-10-12(5-4-6-14)17-8-7-15/h11-16H,3-10H2,1-2H3. The van der Waals surface area contributed by atoms with Crippen LogP contribution in [0.3, 0.4) is 0 Å². The van der Waals surface area contributed by atoms with Gasteiger partial charge in [0.15, 0.2) is 0 Å². The lowest BCUT2D eigenvalue weighted by Crippen LogP contribution is -2.12. The molecule has 0 nitrogen and oxygen atoms in total. The first-order valence-electron chi connectivity index (χ1n) is 6.88. The van der Waals surface area contributed by atoms with Crippen LogP contribution in [0.2, 0.25) is 0 Å². The van der Waals surface area contributed by atoms with E-state index in [0.29, 0.717) is 4.58 Å². The number of thiol groups is 3. The van der Waals surface area contributed by atoms with Crippen molar-refractivity contribution in [3.8, 4) is 0 Å². The van der Waals surface area contributed by atoms with Crippen molar-refractivity contribution in [3.05, 3.63) is 0 Å². The fourth-order valence-electron chi connectivity index (χ4n) is 1.44. The fourth-order valence-corrected chi connectivity index (χ4v) is 5.65. The smallest absolute Gasteiger partial charge is 0.0470 e. The average Bonchev–Trinajstić information content (AvgIpc) is 2.43. The van der Waals surface area contributed by atoms with Crippen LogP contribution in [0.1, 0.15) is 33.1 Å². The molecular formula is C13H28S6. The van der Waals surface area contributed by atoms with Crippen LogP contribution in [0.4, 0.5) is 0 Å². The fraction of sp³-hybridized carbons (Fsp3) is 1.00. The summed E-state index contributed by atoms with van der Waals surface area (Å²) in [5.74, 6) is 5.63. The summed E-state index contributed by atoms with van der Waals surface area (Å²) in [7, 11) is 0. The molecule has 0 aliphatic heterocycles. The van der Waals surface area contributed by atoms with Gasteiger partial charge in [0, 0.05) is 32.3 Å². The van der Waals surface area contributed by atoms with Crippen molar-refractivity contribution in [3.63, 3.8) is 0 Å². The van der Waals surface area contributed by atoms with Gasteiger partial charge in [-0.1, -0.05) is 13.8 Å². The third-order valence-corrected chi connectivity index (χ3v) is 8.70. The van der Waals surface area contributed by atoms with Crippen molar-refractivity contribution in [2.24, 2.45) is 0 Å². The Morgan fingerprint density at radius 1 is 1.00 bits per heavy atom. The zero-order chi connectivity index (χ0) is 14.5. The molecule has 0 bridgehead atoms. The first kappa shape index (κ1) is 21.1. The van der Waals surface area contributed by atoms with Gasteiger partial charge >= 0.3 is 0 Å². The Morgan fingerprint density at radius 3 is 2.32 bits per heavy atom. The van der Waals surface area contributed by atoms with E-state index in [1.54, 1.807) is 0 Å². The summed E-state index contributed by atoms with van der Waals surface area (Å²) < 4.78 is 0.501. The third-order valence-electron chi connectivity index (χ3n) is 2.57. The second-order valence-corrected chi connectivity index (χ2v) is 10.4. The monoisotopic (exact) mass is 376 g/mol. The van der Waals surface area contributed by atoms with Crippen molar-refractivity contribution >= 4 is 73.2 Å². The first-order chi connectivity index (χ1) is 9.13. The summed E-state index contributed by atoms with van der Waals surface area (Å²) in [6.07, 6.45) is 3.66. The molecule has 0 amide bonds. The Hall–Kier alpha value is 2.10. The largest absolute Gasteiger partial charge is 0.179 e. The molecule has 0 saturated heterocycles. The van der Waals surface area contributed by atoms with Crippen LogP contribution in [0.15, 0.2) is 0 Å². The van der Waals surface area contributed by atoms with Crippen LogP contribution in [-0.2, 0) is 0 Å². The van der Waals surface area contributed by atoms with Crippen molar-refractivity contribution < 1.29 is 0 Å². The maximum Gasteiger partial charge on any atom is 0.0470 e. The number of rotatable bonds is 13. The lowest BCUT2D eigenvalue weighted by molar-refractivity contribution is 0.801. The maximum absolute atomic E-state index is 4.54. The molecule has 0 aromatic rings. The van der Waals surface area contributed by atoms with Crippen LogP contribution in [0, 0.1) is 0 Å². The molecule has 3 atom stereocenters. The van der Waals surface area contributed by atoms with E-state index in [2.05, 4.69) is 75.3 Å². The van der Waals surface area contributed by atoms with Crippen LogP contribution in [-0.4, -0.2) is 43.8 Å². The van der Waals surface area contributed by atoms with E-state index >= 15 is 0 Å². The average molecular weight is 377 g/mol. The molecule has 0 heterocycles. The zero-order valence-corrected chi connectivity index (χ0v) is 17.1. The summed E-state index contributed by atoms with van der Waals surface area (Å²) in [5, 5.41) is 1.50. The molecule has 0 aliphatic carbocycles. The minimum atomic E-state index is 0.501. The van der Waals surface area contributed by atoms with Gasteiger partial charge in [0.05, 0.1) is 0 Å². The predicted octanol–water partition coefficient (Wildman–Crippen LogP) is 5.25. The van der Waals surface area contributed by atoms with Gasteiger partial charge in [-0.2, -0.15) is 61.4 Å². The van der Waals surface area contributed by atoms with Crippen LogP contribution in [0.25, 0.3) is 0 Å². The van der Waals surface area contributed by atoms with Gasteiger partial charge in [-0.05, 0) is 30.8 Å². The zero-order valence-electron chi connectivity index (χ0n) is 12.0. The summed E-state index contributed by atoms with van der Waals surface area (Å²) in [4.78, 5) is 0. The molecule has 0 radical (unpaired) electrons. The molecule has 0 spiro atoms. The lowest BCUT2D eigenvalue weighted by atomic mass is 10.3. The molecular weight excluding hydrogens is 349 g/mol. The van der Waals surface area contributed by atoms with E-state index in [-0.39, 0.29) is 0 Å². The van der Waals surface area contributed by atoms with Gasteiger partial charge in [-0.25, -0.2) is 0 Å². The maximum atomic E-state index is 4.54. The molecule has 0 fully saturated rings. The quantitative estimate of drug-likeness (QED) is 0.297.